The molecular formula is C22H15BrI2N6O2S. The van der Waals surface area contributed by atoms with Crippen LogP contribution in [0.4, 0.5) is 0 Å². The number of thioether (sulfide) groups is 1. The molecule has 0 aliphatic carbocycles. The van der Waals surface area contributed by atoms with Gasteiger partial charge in [-0.15, -0.1) is 10.2 Å². The van der Waals surface area contributed by atoms with E-state index in [4.69, 9.17) is 0 Å². The topological polar surface area (TPSA) is 105 Å². The third kappa shape index (κ3) is 6.14. The lowest BCUT2D eigenvalue weighted by molar-refractivity contribution is -0.118. The minimum atomic E-state index is -0.308. The molecule has 8 nitrogen and oxygen atoms in total. The summed E-state index contributed by atoms with van der Waals surface area (Å²) in [5.74, 6) is 0.545. The molecule has 0 saturated heterocycles. The summed E-state index contributed by atoms with van der Waals surface area (Å²) in [7, 11) is 0. The van der Waals surface area contributed by atoms with Crippen LogP contribution < -0.4 is 5.43 Å². The van der Waals surface area contributed by atoms with Crippen molar-refractivity contribution in [2.75, 3.05) is 5.75 Å². The molecule has 0 aliphatic heterocycles. The molecule has 0 fully saturated rings. The lowest BCUT2D eigenvalue weighted by atomic mass is 10.2. The van der Waals surface area contributed by atoms with E-state index in [0.717, 1.165) is 19.3 Å². The van der Waals surface area contributed by atoms with E-state index in [0.29, 0.717) is 20.1 Å². The number of phenolic OH excluding ortho intramolecular Hbond substituents is 1. The fraction of sp³-hybridized carbons (Fsp3) is 0.0455. The molecule has 0 saturated carbocycles. The van der Waals surface area contributed by atoms with Crippen molar-refractivity contribution < 1.29 is 9.90 Å². The van der Waals surface area contributed by atoms with E-state index in [2.05, 4.69) is 64.2 Å². The number of nitrogens with zero attached hydrogens (tertiary/aromatic N) is 5. The number of benzene rings is 2. The summed E-state index contributed by atoms with van der Waals surface area (Å²) in [6, 6.07) is 15.1. The van der Waals surface area contributed by atoms with Gasteiger partial charge in [-0.3, -0.25) is 14.3 Å². The number of hydrazone groups is 1. The molecule has 2 heterocycles. The summed E-state index contributed by atoms with van der Waals surface area (Å²) < 4.78 is 4.52. The van der Waals surface area contributed by atoms with Crippen molar-refractivity contribution in [2.45, 2.75) is 5.16 Å². The lowest BCUT2D eigenvalue weighted by Gasteiger charge is -2.10. The minimum Gasteiger partial charge on any atom is -0.506 e. The van der Waals surface area contributed by atoms with Crippen LogP contribution in [-0.4, -0.2) is 42.7 Å². The number of halogens is 3. The standard InChI is InChI=1S/C22H15BrI2N6O2S/c23-15-1-3-17(4-2-15)31-21(13-5-7-26-8-6-13)29-30-22(31)34-12-19(32)28-27-11-14-9-16(24)10-18(25)20(14)33/h1-11,33H,12H2,(H,28,32). The van der Waals surface area contributed by atoms with E-state index in [1.807, 2.05) is 69.6 Å². The first-order chi connectivity index (χ1) is 16.4. The largest absolute Gasteiger partial charge is 0.506 e. The first kappa shape index (κ1) is 25.1. The van der Waals surface area contributed by atoms with Gasteiger partial charge in [-0.05, 0) is 93.7 Å². The highest BCUT2D eigenvalue weighted by Gasteiger charge is 2.17. The fourth-order valence-corrected chi connectivity index (χ4v) is 5.79. The quantitative estimate of drug-likeness (QED) is 0.116. The van der Waals surface area contributed by atoms with Crippen molar-refractivity contribution in [2.24, 2.45) is 5.10 Å². The van der Waals surface area contributed by atoms with Crippen LogP contribution in [0.15, 0.2) is 75.7 Å². The average Bonchev–Trinajstić information content (AvgIpc) is 3.26. The number of pyridine rings is 1. The molecule has 2 aromatic carbocycles. The van der Waals surface area contributed by atoms with E-state index in [-0.39, 0.29) is 17.4 Å². The number of aromatic hydroxyl groups is 1. The Bertz CT molecular complexity index is 1350. The summed E-state index contributed by atoms with van der Waals surface area (Å²) >= 11 is 8.91. The first-order valence-corrected chi connectivity index (χ1v) is 13.6. The van der Waals surface area contributed by atoms with Crippen LogP contribution in [0, 0.1) is 7.14 Å². The SMILES string of the molecule is O=C(CSc1nnc(-c2ccncc2)n1-c1ccc(Br)cc1)NN=Cc1cc(I)cc(I)c1O. The predicted molar refractivity (Wildman–Crippen MR) is 152 cm³/mol. The Hall–Kier alpha value is -2.04. The second-order valence-electron chi connectivity index (χ2n) is 6.76. The molecule has 0 radical (unpaired) electrons. The molecule has 2 N–H and O–H groups in total. The van der Waals surface area contributed by atoms with Crippen LogP contribution in [0.25, 0.3) is 17.1 Å². The number of hydrogen-bond donors (Lipinski definition) is 2. The number of carbonyl (C=O) groups is 1. The number of aromatic nitrogens is 4. The van der Waals surface area contributed by atoms with Gasteiger partial charge < -0.3 is 5.11 Å². The van der Waals surface area contributed by atoms with Crippen molar-refractivity contribution >= 4 is 85.0 Å². The van der Waals surface area contributed by atoms with E-state index >= 15 is 0 Å². The van der Waals surface area contributed by atoms with Crippen LogP contribution in [0.2, 0.25) is 0 Å². The van der Waals surface area contributed by atoms with Crippen molar-refractivity contribution in [1.82, 2.24) is 25.2 Å². The fourth-order valence-electron chi connectivity index (χ4n) is 2.89. The van der Waals surface area contributed by atoms with Gasteiger partial charge in [0.25, 0.3) is 5.91 Å². The molecule has 34 heavy (non-hydrogen) atoms. The molecule has 0 aliphatic rings. The molecule has 2 aromatic heterocycles. The molecule has 0 bridgehead atoms. The van der Waals surface area contributed by atoms with Gasteiger partial charge in [-0.1, -0.05) is 27.7 Å². The third-order valence-corrected chi connectivity index (χ3v) is 7.34. The Balaban J connectivity index is 1.50. The number of phenols is 1. The van der Waals surface area contributed by atoms with Crippen molar-refractivity contribution in [3.63, 3.8) is 0 Å². The van der Waals surface area contributed by atoms with Crippen LogP contribution >= 0.6 is 72.9 Å². The lowest BCUT2D eigenvalue weighted by Crippen LogP contribution is -2.20. The van der Waals surface area contributed by atoms with Gasteiger partial charge >= 0.3 is 0 Å². The zero-order valence-corrected chi connectivity index (χ0v) is 23.9. The Morgan fingerprint density at radius 1 is 1.15 bits per heavy atom. The number of nitrogens with one attached hydrogen (secondary N) is 1. The van der Waals surface area contributed by atoms with Crippen molar-refractivity contribution in [3.8, 4) is 22.8 Å². The maximum Gasteiger partial charge on any atom is 0.250 e. The van der Waals surface area contributed by atoms with Crippen molar-refractivity contribution in [3.05, 3.63) is 78.1 Å². The second kappa shape index (κ2) is 11.6. The number of carbonyl (C=O) groups excluding carboxylic acids is 1. The van der Waals surface area contributed by atoms with E-state index in [1.54, 1.807) is 18.5 Å². The highest BCUT2D eigenvalue weighted by Crippen LogP contribution is 2.28. The molecule has 0 spiro atoms. The zero-order chi connectivity index (χ0) is 24.1. The first-order valence-electron chi connectivity index (χ1n) is 9.67. The summed E-state index contributed by atoms with van der Waals surface area (Å²) in [4.78, 5) is 16.5. The molecule has 12 heteroatoms. The van der Waals surface area contributed by atoms with Gasteiger partial charge in [0.05, 0.1) is 15.5 Å². The highest BCUT2D eigenvalue weighted by atomic mass is 127. The van der Waals surface area contributed by atoms with E-state index in [1.165, 1.54) is 18.0 Å². The summed E-state index contributed by atoms with van der Waals surface area (Å²) in [5.41, 5.74) is 4.75. The van der Waals surface area contributed by atoms with Gasteiger partial charge in [-0.25, -0.2) is 5.43 Å². The summed E-state index contributed by atoms with van der Waals surface area (Å²) in [6.07, 6.45) is 4.82. The number of rotatable bonds is 7. The predicted octanol–water partition coefficient (Wildman–Crippen LogP) is 5.25. The molecular weight excluding hydrogens is 746 g/mol. The minimum absolute atomic E-state index is 0.0815. The van der Waals surface area contributed by atoms with Gasteiger partial charge in [-0.2, -0.15) is 5.10 Å². The molecule has 172 valence electrons. The van der Waals surface area contributed by atoms with Crippen LogP contribution in [-0.2, 0) is 4.79 Å². The molecule has 4 rings (SSSR count). The Kier molecular flexibility index (Phi) is 8.55. The maximum atomic E-state index is 12.4. The van der Waals surface area contributed by atoms with Crippen molar-refractivity contribution in [1.29, 1.82) is 0 Å². The van der Waals surface area contributed by atoms with Gasteiger partial charge in [0, 0.05) is 37.3 Å². The van der Waals surface area contributed by atoms with Crippen LogP contribution in [0.3, 0.4) is 0 Å². The maximum absolute atomic E-state index is 12.4. The Morgan fingerprint density at radius 2 is 1.88 bits per heavy atom. The third-order valence-electron chi connectivity index (χ3n) is 4.44. The summed E-state index contributed by atoms with van der Waals surface area (Å²) in [6.45, 7) is 0. The second-order valence-corrected chi connectivity index (χ2v) is 11.0. The Morgan fingerprint density at radius 3 is 2.62 bits per heavy atom. The average molecular weight is 761 g/mol. The summed E-state index contributed by atoms with van der Waals surface area (Å²) in [5, 5.41) is 23.4. The van der Waals surface area contributed by atoms with Crippen LogP contribution in [0.1, 0.15) is 5.56 Å². The number of amides is 1. The monoisotopic (exact) mass is 760 g/mol. The van der Waals surface area contributed by atoms with Gasteiger partial charge in [0.1, 0.15) is 5.75 Å². The smallest absolute Gasteiger partial charge is 0.250 e. The molecule has 0 atom stereocenters. The normalized spacial score (nSPS) is 11.1. The molecule has 4 aromatic rings. The molecule has 1 amide bonds. The van der Waals surface area contributed by atoms with E-state index < -0.39 is 0 Å². The van der Waals surface area contributed by atoms with Crippen LogP contribution in [0.5, 0.6) is 5.75 Å². The van der Waals surface area contributed by atoms with E-state index in [9.17, 15) is 9.90 Å². The zero-order valence-electron chi connectivity index (χ0n) is 17.2. The highest BCUT2D eigenvalue weighted by molar-refractivity contribution is 14.1. The van der Waals surface area contributed by atoms with Gasteiger partial charge in [0.15, 0.2) is 11.0 Å². The van der Waals surface area contributed by atoms with Gasteiger partial charge in [0.2, 0.25) is 0 Å². The number of hydrogen-bond acceptors (Lipinski definition) is 7. The molecule has 0 unspecified atom stereocenters. The Labute approximate surface area is 235 Å².